The van der Waals surface area contributed by atoms with Crippen LogP contribution < -0.4 is 0 Å². The second kappa shape index (κ2) is 8.31. The van der Waals surface area contributed by atoms with Gasteiger partial charge in [0.2, 0.25) is 0 Å². The van der Waals surface area contributed by atoms with Crippen LogP contribution in [0.2, 0.25) is 0 Å². The van der Waals surface area contributed by atoms with E-state index in [1.807, 2.05) is 19.1 Å². The van der Waals surface area contributed by atoms with Crippen LogP contribution in [-0.4, -0.2) is 26.1 Å². The van der Waals surface area contributed by atoms with Gasteiger partial charge in [0.1, 0.15) is 16.8 Å². The Labute approximate surface area is 146 Å². The minimum Gasteiger partial charge on any atom is -0.392 e. The highest BCUT2D eigenvalue weighted by Gasteiger charge is 2.25. The third-order valence-electron chi connectivity index (χ3n) is 3.72. The third kappa shape index (κ3) is 4.46. The molecule has 0 amide bonds. The summed E-state index contributed by atoms with van der Waals surface area (Å²) in [5.41, 5.74) is 3.51. The van der Waals surface area contributed by atoms with E-state index in [2.05, 4.69) is 21.1 Å². The van der Waals surface area contributed by atoms with Gasteiger partial charge in [0, 0.05) is 22.3 Å². The van der Waals surface area contributed by atoms with Gasteiger partial charge in [-0.2, -0.15) is 0 Å². The summed E-state index contributed by atoms with van der Waals surface area (Å²) in [5, 5.41) is 4.20. The number of nitrogens with zero attached hydrogens (tertiary/aromatic N) is 1. The van der Waals surface area contributed by atoms with Crippen molar-refractivity contribution in [2.45, 2.75) is 44.5 Å². The summed E-state index contributed by atoms with van der Waals surface area (Å²) in [6, 6.07) is 3.71. The number of halogens is 2. The fraction of sp³-hybridized carbons (Fsp3) is 0.533. The quantitative estimate of drug-likeness (QED) is 0.424. The summed E-state index contributed by atoms with van der Waals surface area (Å²) in [5.74, 6) is 0.681. The minimum atomic E-state index is -2.48. The first-order valence-corrected chi connectivity index (χ1v) is 9.90. The summed E-state index contributed by atoms with van der Waals surface area (Å²) in [7, 11) is -2.48. The molecular formula is C15H19BrClNO3S. The summed E-state index contributed by atoms with van der Waals surface area (Å²) in [6.45, 7) is 1.96. The molecule has 0 saturated carbocycles. The second-order valence-electron chi connectivity index (χ2n) is 5.35. The van der Waals surface area contributed by atoms with E-state index in [0.717, 1.165) is 46.1 Å². The summed E-state index contributed by atoms with van der Waals surface area (Å²) >= 11 is 9.19. The Morgan fingerprint density at radius 1 is 1.41 bits per heavy atom. The summed E-state index contributed by atoms with van der Waals surface area (Å²) in [4.78, 5) is 5.50. The lowest BCUT2D eigenvalue weighted by atomic mass is 9.94. The van der Waals surface area contributed by atoms with Crippen molar-refractivity contribution in [2.24, 2.45) is 5.16 Å². The number of oxime groups is 1. The van der Waals surface area contributed by atoms with Crippen LogP contribution in [0.3, 0.4) is 0 Å². The van der Waals surface area contributed by atoms with Gasteiger partial charge in [0.15, 0.2) is 0 Å². The smallest absolute Gasteiger partial charge is 0.144 e. The molecule has 0 fully saturated rings. The lowest BCUT2D eigenvalue weighted by Crippen LogP contribution is -2.11. The number of hydrogen-bond donors (Lipinski definition) is 1. The maximum Gasteiger partial charge on any atom is 0.144 e. The van der Waals surface area contributed by atoms with Crippen LogP contribution in [0.1, 0.15) is 42.4 Å². The summed E-state index contributed by atoms with van der Waals surface area (Å²) in [6.07, 6.45) is 3.66. The van der Waals surface area contributed by atoms with Crippen molar-refractivity contribution in [3.8, 4) is 0 Å². The van der Waals surface area contributed by atoms with E-state index < -0.39 is 10.7 Å². The molecule has 1 unspecified atom stereocenters. The average molecular weight is 409 g/mol. The van der Waals surface area contributed by atoms with Gasteiger partial charge in [0.05, 0.1) is 11.5 Å². The van der Waals surface area contributed by atoms with Crippen molar-refractivity contribution in [1.29, 1.82) is 0 Å². The molecular weight excluding hydrogens is 390 g/mol. The molecule has 1 aromatic rings. The molecule has 0 aromatic heterocycles. The van der Waals surface area contributed by atoms with E-state index in [-0.39, 0.29) is 11.9 Å². The lowest BCUT2D eigenvalue weighted by molar-refractivity contribution is 0.0775. The molecule has 0 N–H and O–H groups in total. The number of thiol groups is 1. The molecule has 1 aromatic carbocycles. The fourth-order valence-corrected chi connectivity index (χ4v) is 3.67. The predicted octanol–water partition coefficient (Wildman–Crippen LogP) is 3.77. The van der Waals surface area contributed by atoms with E-state index in [1.165, 1.54) is 0 Å². The molecule has 1 aliphatic heterocycles. The molecule has 0 radical (unpaired) electrons. The number of unbranched alkanes of at least 4 members (excludes halogenated alkanes) is 1. The molecule has 0 spiro atoms. The third-order valence-corrected chi connectivity index (χ3v) is 5.44. The van der Waals surface area contributed by atoms with Gasteiger partial charge in [-0.15, -0.1) is 11.6 Å². The van der Waals surface area contributed by atoms with Crippen LogP contribution in [0.25, 0.3) is 0 Å². The van der Waals surface area contributed by atoms with Gasteiger partial charge < -0.3 is 4.84 Å². The van der Waals surface area contributed by atoms with Gasteiger partial charge in [-0.05, 0) is 43.4 Å². The number of hydrogen-bond acceptors (Lipinski definition) is 4. The summed E-state index contributed by atoms with van der Waals surface area (Å²) < 4.78 is 23.2. The van der Waals surface area contributed by atoms with Gasteiger partial charge in [-0.25, -0.2) is 8.42 Å². The molecule has 0 aliphatic carbocycles. The largest absolute Gasteiger partial charge is 0.392 e. The van der Waals surface area contributed by atoms with E-state index in [4.69, 9.17) is 16.4 Å². The Bertz CT molecular complexity index is 638. The maximum atomic E-state index is 11.1. The molecule has 122 valence electrons. The zero-order valence-electron chi connectivity index (χ0n) is 12.3. The number of rotatable bonds is 7. The maximum absolute atomic E-state index is 11.1. The highest BCUT2D eigenvalue weighted by atomic mass is 79.9. The number of alkyl halides is 1. The van der Waals surface area contributed by atoms with Crippen molar-refractivity contribution in [3.63, 3.8) is 0 Å². The Hall–Kier alpha value is -0.590. The SMILES string of the molecule is Cc1c(Br)ccc(C[SH](=O)=O)c1C1=NOC(CCCCCl)C1. The first kappa shape index (κ1) is 17.8. The van der Waals surface area contributed by atoms with Gasteiger partial charge in [0.25, 0.3) is 0 Å². The molecule has 1 atom stereocenters. The van der Waals surface area contributed by atoms with Gasteiger partial charge in [-0.1, -0.05) is 27.2 Å². The van der Waals surface area contributed by atoms with Crippen LogP contribution in [0.5, 0.6) is 0 Å². The molecule has 22 heavy (non-hydrogen) atoms. The van der Waals surface area contributed by atoms with Crippen molar-refractivity contribution in [2.75, 3.05) is 5.88 Å². The van der Waals surface area contributed by atoms with Crippen molar-refractivity contribution < 1.29 is 13.3 Å². The number of benzene rings is 1. The fourth-order valence-electron chi connectivity index (χ4n) is 2.61. The lowest BCUT2D eigenvalue weighted by Gasteiger charge is -2.12. The normalized spacial score (nSPS) is 17.6. The minimum absolute atomic E-state index is 0.0225. The van der Waals surface area contributed by atoms with E-state index in [0.29, 0.717) is 12.3 Å². The van der Waals surface area contributed by atoms with Crippen molar-refractivity contribution >= 4 is 43.9 Å². The first-order valence-electron chi connectivity index (χ1n) is 7.21. The standard InChI is InChI=1S/C15H19BrClNO3S/c1-10-13(16)6-5-11(9-22(19)20)15(10)14-8-12(21-18-14)4-2-3-7-17/h5-6,12,22H,2-4,7-9H2,1H3. The van der Waals surface area contributed by atoms with Crippen LogP contribution in [0, 0.1) is 6.92 Å². The molecule has 7 heteroatoms. The topological polar surface area (TPSA) is 55.7 Å². The molecule has 4 nitrogen and oxygen atoms in total. The molecule has 0 bridgehead atoms. The average Bonchev–Trinajstić information content (AvgIpc) is 2.91. The van der Waals surface area contributed by atoms with Crippen LogP contribution in [0.15, 0.2) is 21.8 Å². The Balaban J connectivity index is 2.19. The zero-order chi connectivity index (χ0) is 16.1. The Kier molecular flexibility index (Phi) is 6.71. The van der Waals surface area contributed by atoms with E-state index >= 15 is 0 Å². The molecule has 1 aliphatic rings. The van der Waals surface area contributed by atoms with E-state index in [1.54, 1.807) is 0 Å². The predicted molar refractivity (Wildman–Crippen MR) is 93.5 cm³/mol. The van der Waals surface area contributed by atoms with Crippen molar-refractivity contribution in [1.82, 2.24) is 0 Å². The Morgan fingerprint density at radius 3 is 2.86 bits per heavy atom. The first-order chi connectivity index (χ1) is 10.5. The monoisotopic (exact) mass is 407 g/mol. The van der Waals surface area contributed by atoms with Gasteiger partial charge in [-0.3, -0.25) is 0 Å². The molecule has 2 rings (SSSR count). The zero-order valence-corrected chi connectivity index (χ0v) is 15.6. The highest BCUT2D eigenvalue weighted by Crippen LogP contribution is 2.29. The Morgan fingerprint density at radius 2 is 2.18 bits per heavy atom. The van der Waals surface area contributed by atoms with E-state index in [9.17, 15) is 8.42 Å². The highest BCUT2D eigenvalue weighted by molar-refractivity contribution is 9.10. The van der Waals surface area contributed by atoms with Crippen LogP contribution in [-0.2, 0) is 21.3 Å². The molecule has 1 heterocycles. The van der Waals surface area contributed by atoms with Gasteiger partial charge >= 0.3 is 0 Å². The van der Waals surface area contributed by atoms with Crippen LogP contribution >= 0.6 is 27.5 Å². The van der Waals surface area contributed by atoms with Crippen LogP contribution in [0.4, 0.5) is 0 Å². The molecule has 0 saturated heterocycles. The van der Waals surface area contributed by atoms with Crippen molar-refractivity contribution in [3.05, 3.63) is 33.3 Å². The second-order valence-corrected chi connectivity index (χ2v) is 7.57.